The van der Waals surface area contributed by atoms with Crippen LogP contribution in [0, 0.1) is 0 Å². The molecule has 2 aromatic rings. The predicted octanol–water partition coefficient (Wildman–Crippen LogP) is 3.61. The van der Waals surface area contributed by atoms with E-state index in [2.05, 4.69) is 0 Å². The van der Waals surface area contributed by atoms with Crippen LogP contribution < -0.4 is 9.47 Å². The van der Waals surface area contributed by atoms with Crippen LogP contribution in [0.3, 0.4) is 0 Å². The second-order valence-corrected chi connectivity index (χ2v) is 9.17. The third-order valence-corrected chi connectivity index (χ3v) is 7.84. The van der Waals surface area contributed by atoms with Crippen molar-refractivity contribution in [3.63, 3.8) is 0 Å². The largest absolute Gasteiger partial charge is 0.454 e. The van der Waals surface area contributed by atoms with E-state index in [0.717, 1.165) is 31.2 Å². The van der Waals surface area contributed by atoms with Crippen LogP contribution in [0.25, 0.3) is 0 Å². The molecule has 0 radical (unpaired) electrons. The fraction of sp³-hybridized carbons (Fsp3) is 0.412. The topological polar surface area (TPSA) is 55.8 Å². The Morgan fingerprint density at radius 1 is 1.12 bits per heavy atom. The second-order valence-electron chi connectivity index (χ2n) is 6.11. The quantitative estimate of drug-likeness (QED) is 0.812. The first-order valence-corrected chi connectivity index (χ1v) is 10.4. The van der Waals surface area contributed by atoms with Crippen LogP contribution in [0.5, 0.6) is 11.5 Å². The predicted molar refractivity (Wildman–Crippen MR) is 91.9 cm³/mol. The number of thiophene rings is 1. The van der Waals surface area contributed by atoms with E-state index < -0.39 is 10.0 Å². The molecule has 128 valence electrons. The minimum absolute atomic E-state index is 0.0718. The van der Waals surface area contributed by atoms with Gasteiger partial charge in [0.1, 0.15) is 4.21 Å². The maximum Gasteiger partial charge on any atom is 0.253 e. The number of hydrogen-bond acceptors (Lipinski definition) is 5. The standard InChI is InChI=1S/C17H19NO4S2/c19-24(20,17-6-3-9-23-17)18(14-4-1-2-5-14)11-13-7-8-15-16(10-13)22-12-21-15/h3,6-10,14H,1-2,4-5,11-12H2. The lowest BCUT2D eigenvalue weighted by Gasteiger charge is -2.27. The van der Waals surface area contributed by atoms with E-state index in [-0.39, 0.29) is 12.8 Å². The number of ether oxygens (including phenoxy) is 2. The van der Waals surface area contributed by atoms with Gasteiger partial charge in [-0.25, -0.2) is 8.42 Å². The molecular weight excluding hydrogens is 346 g/mol. The minimum atomic E-state index is -3.47. The van der Waals surface area contributed by atoms with Crippen LogP contribution in [0.15, 0.2) is 39.9 Å². The Kier molecular flexibility index (Phi) is 4.24. The molecule has 1 aliphatic heterocycles. The van der Waals surface area contributed by atoms with Crippen LogP contribution in [-0.2, 0) is 16.6 Å². The Labute approximate surface area is 145 Å². The molecule has 0 atom stereocenters. The number of benzene rings is 1. The van der Waals surface area contributed by atoms with Gasteiger partial charge >= 0.3 is 0 Å². The zero-order valence-corrected chi connectivity index (χ0v) is 14.8. The summed E-state index contributed by atoms with van der Waals surface area (Å²) in [4.78, 5) is 0. The van der Waals surface area contributed by atoms with Gasteiger partial charge < -0.3 is 9.47 Å². The summed E-state index contributed by atoms with van der Waals surface area (Å²) in [6.07, 6.45) is 4.02. The number of nitrogens with zero attached hydrogens (tertiary/aromatic N) is 1. The molecule has 1 fully saturated rings. The average molecular weight is 365 g/mol. The lowest BCUT2D eigenvalue weighted by atomic mass is 10.1. The Balaban J connectivity index is 1.66. The lowest BCUT2D eigenvalue weighted by molar-refractivity contribution is 0.174. The summed E-state index contributed by atoms with van der Waals surface area (Å²) >= 11 is 1.27. The van der Waals surface area contributed by atoms with Crippen molar-refractivity contribution < 1.29 is 17.9 Å². The van der Waals surface area contributed by atoms with Gasteiger partial charge in [-0.05, 0) is 42.0 Å². The van der Waals surface area contributed by atoms with Crippen molar-refractivity contribution in [1.29, 1.82) is 0 Å². The van der Waals surface area contributed by atoms with Gasteiger partial charge in [0, 0.05) is 12.6 Å². The first-order valence-electron chi connectivity index (χ1n) is 8.08. The minimum Gasteiger partial charge on any atom is -0.454 e. The third-order valence-electron chi connectivity index (χ3n) is 4.57. The van der Waals surface area contributed by atoms with Gasteiger partial charge in [0.15, 0.2) is 11.5 Å². The maximum atomic E-state index is 13.1. The SMILES string of the molecule is O=S(=O)(c1cccs1)N(Cc1ccc2c(c1)OCO2)C1CCCC1. The first kappa shape index (κ1) is 15.9. The van der Waals surface area contributed by atoms with Crippen molar-refractivity contribution in [2.45, 2.75) is 42.5 Å². The van der Waals surface area contributed by atoms with Gasteiger partial charge in [-0.3, -0.25) is 0 Å². The molecule has 4 rings (SSSR count). The summed E-state index contributed by atoms with van der Waals surface area (Å²) in [5.74, 6) is 1.40. The van der Waals surface area contributed by atoms with E-state index >= 15 is 0 Å². The Hall–Kier alpha value is -1.57. The van der Waals surface area contributed by atoms with E-state index in [9.17, 15) is 8.42 Å². The third kappa shape index (κ3) is 2.92. The second kappa shape index (κ2) is 6.38. The summed E-state index contributed by atoms with van der Waals surface area (Å²) < 4.78 is 39.0. The molecule has 5 nitrogen and oxygen atoms in total. The van der Waals surface area contributed by atoms with Crippen molar-refractivity contribution in [1.82, 2.24) is 4.31 Å². The Bertz CT molecular complexity index is 811. The molecule has 2 heterocycles. The van der Waals surface area contributed by atoms with Crippen molar-refractivity contribution in [2.24, 2.45) is 0 Å². The Morgan fingerprint density at radius 2 is 1.92 bits per heavy atom. The van der Waals surface area contributed by atoms with Gasteiger partial charge in [0.2, 0.25) is 6.79 Å². The molecule has 7 heteroatoms. The summed E-state index contributed by atoms with van der Waals surface area (Å²) in [6, 6.07) is 9.19. The van der Waals surface area contributed by atoms with Gasteiger partial charge in [-0.2, -0.15) is 4.31 Å². The van der Waals surface area contributed by atoms with Crippen molar-refractivity contribution in [3.8, 4) is 11.5 Å². The van der Waals surface area contributed by atoms with Crippen molar-refractivity contribution in [3.05, 3.63) is 41.3 Å². The van der Waals surface area contributed by atoms with Crippen molar-refractivity contribution >= 4 is 21.4 Å². The summed E-state index contributed by atoms with van der Waals surface area (Å²) in [6.45, 7) is 0.583. The zero-order chi connectivity index (χ0) is 16.6. The fourth-order valence-corrected chi connectivity index (χ4v) is 6.14. The van der Waals surface area contributed by atoms with Crippen LogP contribution in [-0.4, -0.2) is 25.6 Å². The van der Waals surface area contributed by atoms with Gasteiger partial charge in [-0.1, -0.05) is 25.0 Å². The van der Waals surface area contributed by atoms with E-state index in [1.54, 1.807) is 21.8 Å². The summed E-state index contributed by atoms with van der Waals surface area (Å²) in [5.41, 5.74) is 0.922. The van der Waals surface area contributed by atoms with Gasteiger partial charge in [-0.15, -0.1) is 11.3 Å². The molecule has 0 unspecified atom stereocenters. The van der Waals surface area contributed by atoms with Crippen LogP contribution >= 0.6 is 11.3 Å². The number of rotatable bonds is 5. The number of fused-ring (bicyclic) bond motifs is 1. The molecule has 0 saturated heterocycles. The molecule has 0 spiro atoms. The van der Waals surface area contributed by atoms with Crippen LogP contribution in [0.4, 0.5) is 0 Å². The molecule has 24 heavy (non-hydrogen) atoms. The van der Waals surface area contributed by atoms with E-state index in [1.807, 2.05) is 18.2 Å². The highest BCUT2D eigenvalue weighted by atomic mass is 32.2. The highest BCUT2D eigenvalue weighted by Gasteiger charge is 2.34. The van der Waals surface area contributed by atoms with Crippen molar-refractivity contribution in [2.75, 3.05) is 6.79 Å². The monoisotopic (exact) mass is 365 g/mol. The summed E-state index contributed by atoms with van der Waals surface area (Å²) in [5, 5.41) is 1.81. The molecule has 0 bridgehead atoms. The molecule has 0 N–H and O–H groups in total. The molecule has 0 amide bonds. The normalized spacial score (nSPS) is 17.7. The molecule has 2 aliphatic rings. The average Bonchev–Trinajstić information content (AvgIpc) is 3.34. The molecule has 1 aromatic heterocycles. The lowest BCUT2D eigenvalue weighted by Crippen LogP contribution is -2.37. The number of hydrogen-bond donors (Lipinski definition) is 0. The van der Waals surface area contributed by atoms with Gasteiger partial charge in [0.05, 0.1) is 0 Å². The zero-order valence-electron chi connectivity index (χ0n) is 13.2. The molecule has 1 saturated carbocycles. The molecular formula is C17H19NO4S2. The Morgan fingerprint density at radius 3 is 2.67 bits per heavy atom. The highest BCUT2D eigenvalue weighted by Crippen LogP contribution is 2.35. The smallest absolute Gasteiger partial charge is 0.253 e. The van der Waals surface area contributed by atoms with E-state index in [4.69, 9.17) is 9.47 Å². The van der Waals surface area contributed by atoms with Gasteiger partial charge in [0.25, 0.3) is 10.0 Å². The first-order chi connectivity index (χ1) is 11.6. The van der Waals surface area contributed by atoms with E-state index in [1.165, 1.54) is 11.3 Å². The van der Waals surface area contributed by atoms with E-state index in [0.29, 0.717) is 22.3 Å². The fourth-order valence-electron chi connectivity index (χ4n) is 3.35. The van der Waals surface area contributed by atoms with Crippen LogP contribution in [0.2, 0.25) is 0 Å². The summed E-state index contributed by atoms with van der Waals surface area (Å²) in [7, 11) is -3.47. The van der Waals surface area contributed by atoms with Crippen LogP contribution in [0.1, 0.15) is 31.2 Å². The molecule has 1 aromatic carbocycles. The maximum absolute atomic E-state index is 13.1. The highest BCUT2D eigenvalue weighted by molar-refractivity contribution is 7.91. The number of sulfonamides is 1. The molecule has 1 aliphatic carbocycles.